The monoisotopic (exact) mass is 199 g/mol. The van der Waals surface area contributed by atoms with Crippen LogP contribution in [-0.4, -0.2) is 29.1 Å². The zero-order valence-corrected chi connectivity index (χ0v) is 8.43. The van der Waals surface area contributed by atoms with Gasteiger partial charge in [-0.15, -0.1) is 0 Å². The van der Waals surface area contributed by atoms with Crippen LogP contribution in [0.15, 0.2) is 0 Å². The molecule has 4 nitrogen and oxygen atoms in total. The van der Waals surface area contributed by atoms with Crippen LogP contribution in [0.4, 0.5) is 5.13 Å². The Hall–Kier alpha value is -0.680. The van der Waals surface area contributed by atoms with Gasteiger partial charge < -0.3 is 10.1 Å². The number of nitrogens with one attached hydrogen (secondary N) is 1. The van der Waals surface area contributed by atoms with E-state index in [-0.39, 0.29) is 0 Å². The summed E-state index contributed by atoms with van der Waals surface area (Å²) in [5.41, 5.74) is 0. The van der Waals surface area contributed by atoms with E-state index < -0.39 is 0 Å². The predicted octanol–water partition coefficient (Wildman–Crippen LogP) is 1.30. The number of anilines is 1. The molecule has 13 heavy (non-hydrogen) atoms. The highest BCUT2D eigenvalue weighted by molar-refractivity contribution is 7.09. The maximum absolute atomic E-state index is 5.50. The van der Waals surface area contributed by atoms with E-state index in [4.69, 9.17) is 4.74 Å². The quantitative estimate of drug-likeness (QED) is 0.797. The van der Waals surface area contributed by atoms with Gasteiger partial charge >= 0.3 is 0 Å². The van der Waals surface area contributed by atoms with Crippen LogP contribution in [0.3, 0.4) is 0 Å². The van der Waals surface area contributed by atoms with Crippen molar-refractivity contribution in [1.82, 2.24) is 9.36 Å². The van der Waals surface area contributed by atoms with Crippen LogP contribution in [-0.2, 0) is 11.2 Å². The van der Waals surface area contributed by atoms with Gasteiger partial charge in [-0.1, -0.05) is 0 Å². The summed E-state index contributed by atoms with van der Waals surface area (Å²) in [5.74, 6) is 0.904. The molecule has 1 aliphatic heterocycles. The molecule has 0 amide bonds. The van der Waals surface area contributed by atoms with Gasteiger partial charge in [-0.25, -0.2) is 4.98 Å². The Morgan fingerprint density at radius 2 is 2.62 bits per heavy atom. The molecule has 1 aromatic rings. The molecule has 1 N–H and O–H groups in total. The summed E-state index contributed by atoms with van der Waals surface area (Å²) in [4.78, 5) is 4.31. The van der Waals surface area contributed by atoms with Gasteiger partial charge in [0.2, 0.25) is 5.13 Å². The smallest absolute Gasteiger partial charge is 0.202 e. The van der Waals surface area contributed by atoms with Crippen LogP contribution in [0.2, 0.25) is 0 Å². The van der Waals surface area contributed by atoms with E-state index >= 15 is 0 Å². The topological polar surface area (TPSA) is 47.0 Å². The summed E-state index contributed by atoms with van der Waals surface area (Å²) in [7, 11) is 1.86. The average Bonchev–Trinajstić information content (AvgIpc) is 2.76. The van der Waals surface area contributed by atoms with E-state index in [1.165, 1.54) is 18.0 Å². The molecule has 1 fully saturated rings. The number of hydrogen-bond donors (Lipinski definition) is 1. The van der Waals surface area contributed by atoms with Crippen LogP contribution in [0, 0.1) is 0 Å². The number of hydrogen-bond acceptors (Lipinski definition) is 5. The van der Waals surface area contributed by atoms with Crippen molar-refractivity contribution in [3.63, 3.8) is 0 Å². The Labute approximate surface area is 81.5 Å². The minimum absolute atomic E-state index is 0.347. The minimum Gasteiger partial charge on any atom is -0.378 e. The van der Waals surface area contributed by atoms with E-state index in [2.05, 4.69) is 14.7 Å². The number of ether oxygens (including phenoxy) is 1. The van der Waals surface area contributed by atoms with Gasteiger partial charge in [0.25, 0.3) is 0 Å². The molecule has 0 saturated carbocycles. The van der Waals surface area contributed by atoms with Gasteiger partial charge in [0.1, 0.15) is 5.82 Å². The second kappa shape index (κ2) is 4.02. The Kier molecular flexibility index (Phi) is 2.75. The Morgan fingerprint density at radius 3 is 3.23 bits per heavy atom. The fourth-order valence-corrected chi connectivity index (χ4v) is 1.99. The third-order valence-electron chi connectivity index (χ3n) is 2.12. The molecular formula is C8H13N3OS. The maximum Gasteiger partial charge on any atom is 0.202 e. The van der Waals surface area contributed by atoms with Crippen molar-refractivity contribution in [1.29, 1.82) is 0 Å². The van der Waals surface area contributed by atoms with Crippen molar-refractivity contribution in [3.05, 3.63) is 5.82 Å². The summed E-state index contributed by atoms with van der Waals surface area (Å²) < 4.78 is 9.74. The summed E-state index contributed by atoms with van der Waals surface area (Å²) in [5, 5.41) is 3.86. The normalized spacial score (nSPS) is 22.1. The molecule has 0 spiro atoms. The first-order chi connectivity index (χ1) is 6.38. The van der Waals surface area contributed by atoms with Gasteiger partial charge in [-0.05, 0) is 12.8 Å². The third kappa shape index (κ3) is 2.16. The molecule has 1 aliphatic rings. The van der Waals surface area contributed by atoms with Crippen molar-refractivity contribution < 1.29 is 4.74 Å². The highest BCUT2D eigenvalue weighted by atomic mass is 32.1. The van der Waals surface area contributed by atoms with Gasteiger partial charge in [-0.3, -0.25) is 0 Å². The van der Waals surface area contributed by atoms with E-state index in [1.54, 1.807) is 0 Å². The standard InChI is InChI=1S/C8H13N3OS/c1-9-8-10-7(11-13-8)5-6-3-2-4-12-6/h6H,2-5H2,1H3,(H,9,10,11). The molecule has 1 saturated heterocycles. The summed E-state index contributed by atoms with van der Waals surface area (Å²) >= 11 is 1.41. The highest BCUT2D eigenvalue weighted by Crippen LogP contribution is 2.17. The van der Waals surface area contributed by atoms with Crippen LogP contribution >= 0.6 is 11.5 Å². The predicted molar refractivity (Wildman–Crippen MR) is 52.1 cm³/mol. The van der Waals surface area contributed by atoms with Crippen molar-refractivity contribution in [2.75, 3.05) is 19.0 Å². The molecule has 1 unspecified atom stereocenters. The molecule has 2 rings (SSSR count). The molecule has 0 aromatic carbocycles. The zero-order valence-electron chi connectivity index (χ0n) is 7.62. The number of rotatable bonds is 3. The first kappa shape index (κ1) is 8.90. The lowest BCUT2D eigenvalue weighted by Crippen LogP contribution is -2.09. The first-order valence-corrected chi connectivity index (χ1v) is 5.28. The second-order valence-corrected chi connectivity index (χ2v) is 3.86. The van der Waals surface area contributed by atoms with Crippen molar-refractivity contribution in [3.8, 4) is 0 Å². The molecule has 2 heterocycles. The Bertz CT molecular complexity index is 270. The molecule has 1 atom stereocenters. The fourth-order valence-electron chi connectivity index (χ4n) is 1.45. The summed E-state index contributed by atoms with van der Waals surface area (Å²) in [6, 6.07) is 0. The van der Waals surface area contributed by atoms with Crippen molar-refractivity contribution >= 4 is 16.7 Å². The van der Waals surface area contributed by atoms with Gasteiger partial charge in [0, 0.05) is 31.6 Å². The van der Waals surface area contributed by atoms with Gasteiger partial charge in [0.15, 0.2) is 0 Å². The largest absolute Gasteiger partial charge is 0.378 e. The molecule has 72 valence electrons. The molecule has 0 aliphatic carbocycles. The third-order valence-corrected chi connectivity index (χ3v) is 2.89. The van der Waals surface area contributed by atoms with Crippen LogP contribution < -0.4 is 5.32 Å². The van der Waals surface area contributed by atoms with E-state index in [0.717, 1.165) is 30.4 Å². The van der Waals surface area contributed by atoms with Crippen LogP contribution in [0.25, 0.3) is 0 Å². The lowest BCUT2D eigenvalue weighted by molar-refractivity contribution is 0.110. The van der Waals surface area contributed by atoms with E-state index in [1.807, 2.05) is 7.05 Å². The Morgan fingerprint density at radius 1 is 1.69 bits per heavy atom. The van der Waals surface area contributed by atoms with Gasteiger partial charge in [-0.2, -0.15) is 4.37 Å². The highest BCUT2D eigenvalue weighted by Gasteiger charge is 2.17. The molecule has 0 radical (unpaired) electrons. The first-order valence-electron chi connectivity index (χ1n) is 4.50. The maximum atomic E-state index is 5.50. The zero-order chi connectivity index (χ0) is 9.10. The second-order valence-electron chi connectivity index (χ2n) is 3.10. The van der Waals surface area contributed by atoms with E-state index in [0.29, 0.717) is 6.10 Å². The molecule has 1 aromatic heterocycles. The molecule has 0 bridgehead atoms. The lowest BCUT2D eigenvalue weighted by atomic mass is 10.2. The summed E-state index contributed by atoms with van der Waals surface area (Å²) in [6.07, 6.45) is 3.53. The lowest BCUT2D eigenvalue weighted by Gasteiger charge is -2.04. The van der Waals surface area contributed by atoms with Crippen molar-refractivity contribution in [2.24, 2.45) is 0 Å². The van der Waals surface area contributed by atoms with Crippen LogP contribution in [0.1, 0.15) is 18.7 Å². The average molecular weight is 199 g/mol. The molecular weight excluding hydrogens is 186 g/mol. The number of nitrogens with zero attached hydrogens (tertiary/aromatic N) is 2. The Balaban J connectivity index is 1.92. The number of aromatic nitrogens is 2. The van der Waals surface area contributed by atoms with E-state index in [9.17, 15) is 0 Å². The van der Waals surface area contributed by atoms with Crippen molar-refractivity contribution in [2.45, 2.75) is 25.4 Å². The minimum atomic E-state index is 0.347. The van der Waals surface area contributed by atoms with Gasteiger partial charge in [0.05, 0.1) is 6.10 Å². The SMILES string of the molecule is CNc1nc(CC2CCCO2)ns1. The fraction of sp³-hybridized carbons (Fsp3) is 0.750. The van der Waals surface area contributed by atoms with Crippen LogP contribution in [0.5, 0.6) is 0 Å². The molecule has 5 heteroatoms. The summed E-state index contributed by atoms with van der Waals surface area (Å²) in [6.45, 7) is 0.897.